The molecule has 1 heterocycles. The van der Waals surface area contributed by atoms with Crippen molar-refractivity contribution < 1.29 is 0 Å². The summed E-state index contributed by atoms with van der Waals surface area (Å²) < 4.78 is 0. The average molecular weight is 454 g/mol. The molecule has 3 aromatic carbocycles. The summed E-state index contributed by atoms with van der Waals surface area (Å²) in [6.07, 6.45) is 0. The van der Waals surface area contributed by atoms with Crippen LogP contribution in [0, 0.1) is 6.92 Å². The molecule has 162 valence electrons. The van der Waals surface area contributed by atoms with Gasteiger partial charge in [-0.05, 0) is 60.0 Å². The summed E-state index contributed by atoms with van der Waals surface area (Å²) >= 11 is 12.8. The van der Waals surface area contributed by atoms with E-state index in [1.54, 1.807) is 0 Å². The highest BCUT2D eigenvalue weighted by Crippen LogP contribution is 2.36. The van der Waals surface area contributed by atoms with Crippen LogP contribution in [0.5, 0.6) is 0 Å². The Hall–Kier alpha value is -2.20. The fraction of sp³-hybridized carbons (Fsp3) is 0.308. The fourth-order valence-electron chi connectivity index (χ4n) is 4.24. The topological polar surface area (TPSA) is 9.72 Å². The average Bonchev–Trinajstić information content (AvgIpc) is 2.75. The van der Waals surface area contributed by atoms with Crippen LogP contribution < -0.4 is 9.80 Å². The highest BCUT2D eigenvalue weighted by atomic mass is 35.5. The summed E-state index contributed by atoms with van der Waals surface area (Å²) in [6.45, 7) is 5.86. The highest BCUT2D eigenvalue weighted by Gasteiger charge is 2.29. The van der Waals surface area contributed by atoms with E-state index in [0.29, 0.717) is 0 Å². The molecule has 0 saturated carbocycles. The van der Waals surface area contributed by atoms with Crippen LogP contribution in [-0.4, -0.2) is 38.6 Å². The van der Waals surface area contributed by atoms with E-state index in [0.717, 1.165) is 41.9 Å². The molecule has 0 aliphatic carbocycles. The van der Waals surface area contributed by atoms with Gasteiger partial charge >= 0.3 is 0 Å². The van der Waals surface area contributed by atoms with Crippen molar-refractivity contribution in [2.75, 3.05) is 43.5 Å². The maximum Gasteiger partial charge on any atom is 0.0670 e. The first-order valence-electron chi connectivity index (χ1n) is 10.7. The molecule has 1 fully saturated rings. The molecule has 1 aliphatic rings. The van der Waals surface area contributed by atoms with Crippen molar-refractivity contribution in [1.82, 2.24) is 4.90 Å². The SMILES string of the molecule is Cc1ccc(N2CCN(Cc3ccc(N(C)C)cc3)C[C@H]2c2ccc(Cl)cc2)c(Cl)c1. The normalized spacial score (nSPS) is 17.1. The Balaban J connectivity index is 1.58. The van der Waals surface area contributed by atoms with E-state index < -0.39 is 0 Å². The molecular formula is C26H29Cl2N3. The maximum atomic E-state index is 6.67. The van der Waals surface area contributed by atoms with Crippen LogP contribution in [0.15, 0.2) is 66.7 Å². The molecule has 0 radical (unpaired) electrons. The monoisotopic (exact) mass is 453 g/mol. The molecule has 1 atom stereocenters. The number of aryl methyl sites for hydroxylation is 1. The fourth-order valence-corrected chi connectivity index (χ4v) is 4.71. The van der Waals surface area contributed by atoms with Gasteiger partial charge in [0.2, 0.25) is 0 Å². The van der Waals surface area contributed by atoms with Crippen molar-refractivity contribution in [3.05, 3.63) is 93.5 Å². The number of hydrogen-bond acceptors (Lipinski definition) is 3. The first kappa shape index (κ1) is 22.0. The summed E-state index contributed by atoms with van der Waals surface area (Å²) in [6, 6.07) is 23.6. The Bertz CT molecular complexity index is 1020. The molecule has 0 bridgehead atoms. The first-order chi connectivity index (χ1) is 14.9. The summed E-state index contributed by atoms with van der Waals surface area (Å²) in [5.74, 6) is 0. The van der Waals surface area contributed by atoms with E-state index in [9.17, 15) is 0 Å². The lowest BCUT2D eigenvalue weighted by atomic mass is 10.0. The van der Waals surface area contributed by atoms with E-state index in [2.05, 4.69) is 90.3 Å². The third kappa shape index (κ3) is 5.17. The molecule has 31 heavy (non-hydrogen) atoms. The smallest absolute Gasteiger partial charge is 0.0670 e. The number of rotatable bonds is 5. The number of halogens is 2. The van der Waals surface area contributed by atoms with Gasteiger partial charge < -0.3 is 9.80 Å². The lowest BCUT2D eigenvalue weighted by Gasteiger charge is -2.43. The number of nitrogens with zero attached hydrogens (tertiary/aromatic N) is 3. The minimum Gasteiger partial charge on any atom is -0.378 e. The van der Waals surface area contributed by atoms with Crippen molar-refractivity contribution >= 4 is 34.6 Å². The van der Waals surface area contributed by atoms with Gasteiger partial charge in [0.15, 0.2) is 0 Å². The van der Waals surface area contributed by atoms with Gasteiger partial charge in [-0.15, -0.1) is 0 Å². The minimum atomic E-state index is 0.215. The Morgan fingerprint density at radius 2 is 1.61 bits per heavy atom. The van der Waals surface area contributed by atoms with Gasteiger partial charge in [0.1, 0.15) is 0 Å². The second-order valence-electron chi connectivity index (χ2n) is 8.51. The quantitative estimate of drug-likeness (QED) is 0.440. The zero-order chi connectivity index (χ0) is 22.0. The largest absolute Gasteiger partial charge is 0.378 e. The molecule has 3 nitrogen and oxygen atoms in total. The molecule has 0 unspecified atom stereocenters. The number of benzene rings is 3. The van der Waals surface area contributed by atoms with Gasteiger partial charge in [-0.1, -0.05) is 53.5 Å². The van der Waals surface area contributed by atoms with Gasteiger partial charge in [0.25, 0.3) is 0 Å². The van der Waals surface area contributed by atoms with Crippen LogP contribution in [0.4, 0.5) is 11.4 Å². The molecule has 1 aliphatic heterocycles. The molecule has 0 spiro atoms. The third-order valence-corrected chi connectivity index (χ3v) is 6.55. The molecule has 0 N–H and O–H groups in total. The van der Waals surface area contributed by atoms with Crippen LogP contribution in [0.2, 0.25) is 10.0 Å². The Morgan fingerprint density at radius 1 is 0.903 bits per heavy atom. The molecule has 3 aromatic rings. The second-order valence-corrected chi connectivity index (χ2v) is 9.36. The van der Waals surface area contributed by atoms with Gasteiger partial charge in [-0.25, -0.2) is 0 Å². The predicted octanol–water partition coefficient (Wildman–Crippen LogP) is 6.43. The van der Waals surface area contributed by atoms with Crippen LogP contribution in [0.25, 0.3) is 0 Å². The van der Waals surface area contributed by atoms with Gasteiger partial charge in [0.05, 0.1) is 16.8 Å². The van der Waals surface area contributed by atoms with Gasteiger partial charge in [-0.2, -0.15) is 0 Å². The third-order valence-electron chi connectivity index (χ3n) is 5.99. The first-order valence-corrected chi connectivity index (χ1v) is 11.4. The lowest BCUT2D eigenvalue weighted by Crippen LogP contribution is -2.48. The zero-order valence-electron chi connectivity index (χ0n) is 18.4. The van der Waals surface area contributed by atoms with E-state index in [4.69, 9.17) is 23.2 Å². The molecule has 1 saturated heterocycles. The standard InChI is InChI=1S/C26H29Cl2N3/c1-19-4-13-25(24(28)16-19)31-15-14-30(17-20-5-11-23(12-6-20)29(2)3)18-26(31)21-7-9-22(27)10-8-21/h4-13,16,26H,14-15,17-18H2,1-3H3/t26-/m0/s1. The number of anilines is 2. The minimum absolute atomic E-state index is 0.215. The molecular weight excluding hydrogens is 425 g/mol. The van der Waals surface area contributed by atoms with Crippen LogP contribution in [-0.2, 0) is 6.54 Å². The summed E-state index contributed by atoms with van der Waals surface area (Å²) in [4.78, 5) is 7.10. The van der Waals surface area contributed by atoms with E-state index in [-0.39, 0.29) is 6.04 Å². The van der Waals surface area contributed by atoms with Crippen molar-refractivity contribution in [2.24, 2.45) is 0 Å². The molecule has 0 amide bonds. The van der Waals surface area contributed by atoms with Crippen molar-refractivity contribution in [2.45, 2.75) is 19.5 Å². The van der Waals surface area contributed by atoms with Crippen molar-refractivity contribution in [1.29, 1.82) is 0 Å². The lowest BCUT2D eigenvalue weighted by molar-refractivity contribution is 0.215. The van der Waals surface area contributed by atoms with E-state index in [1.807, 2.05) is 12.1 Å². The second kappa shape index (κ2) is 9.52. The Labute approximate surface area is 195 Å². The Kier molecular flexibility index (Phi) is 6.76. The maximum absolute atomic E-state index is 6.67. The van der Waals surface area contributed by atoms with Gasteiger partial charge in [-0.3, -0.25) is 4.90 Å². The molecule has 5 heteroatoms. The van der Waals surface area contributed by atoms with E-state index in [1.165, 1.54) is 22.4 Å². The van der Waals surface area contributed by atoms with Gasteiger partial charge in [0, 0.05) is 51.0 Å². The van der Waals surface area contributed by atoms with Crippen LogP contribution >= 0.6 is 23.2 Å². The molecule has 0 aromatic heterocycles. The summed E-state index contributed by atoms with van der Waals surface area (Å²) in [5.41, 5.74) is 6.09. The summed E-state index contributed by atoms with van der Waals surface area (Å²) in [5, 5.41) is 1.57. The van der Waals surface area contributed by atoms with Crippen molar-refractivity contribution in [3.63, 3.8) is 0 Å². The van der Waals surface area contributed by atoms with E-state index >= 15 is 0 Å². The van der Waals surface area contributed by atoms with Crippen LogP contribution in [0.1, 0.15) is 22.7 Å². The highest BCUT2D eigenvalue weighted by molar-refractivity contribution is 6.33. The van der Waals surface area contributed by atoms with Crippen molar-refractivity contribution in [3.8, 4) is 0 Å². The van der Waals surface area contributed by atoms with Crippen LogP contribution in [0.3, 0.4) is 0 Å². The Morgan fingerprint density at radius 3 is 2.26 bits per heavy atom. The number of hydrogen-bond donors (Lipinski definition) is 0. The zero-order valence-corrected chi connectivity index (χ0v) is 19.9. The predicted molar refractivity (Wildman–Crippen MR) is 134 cm³/mol. The number of piperazine rings is 1. The summed E-state index contributed by atoms with van der Waals surface area (Å²) in [7, 11) is 4.14. The molecule has 4 rings (SSSR count).